The van der Waals surface area contributed by atoms with Crippen LogP contribution < -0.4 is 5.32 Å². The fraction of sp³-hybridized carbons (Fsp3) is 0.364. The Hall–Kier alpha value is -3.14. The first-order chi connectivity index (χ1) is 13.9. The molecular formula is C22H21F2N5. The lowest BCUT2D eigenvalue weighted by Crippen LogP contribution is -2.21. The Morgan fingerprint density at radius 3 is 2.69 bits per heavy atom. The fourth-order valence-electron chi connectivity index (χ4n) is 3.35. The van der Waals surface area contributed by atoms with E-state index in [9.17, 15) is 14.0 Å². The molecule has 5 nitrogen and oxygen atoms in total. The number of nitriles is 1. The zero-order chi connectivity index (χ0) is 20.6. The molecule has 1 aliphatic rings. The third-order valence-corrected chi connectivity index (χ3v) is 5.50. The first kappa shape index (κ1) is 19.2. The average molecular weight is 393 g/mol. The topological polar surface area (TPSA) is 74.5 Å². The monoisotopic (exact) mass is 393 g/mol. The molecule has 0 saturated heterocycles. The van der Waals surface area contributed by atoms with E-state index in [0.29, 0.717) is 18.0 Å². The SMILES string of the molecule is CC(C)C(F)(F)c1cccc(CNc2ncnc3ncc(C4(C#N)CC4)cc23)c1. The maximum absolute atomic E-state index is 14.4. The number of nitrogens with zero attached hydrogens (tertiary/aromatic N) is 4. The minimum absolute atomic E-state index is 0.00740. The van der Waals surface area contributed by atoms with E-state index in [4.69, 9.17) is 0 Å². The van der Waals surface area contributed by atoms with Crippen LogP contribution in [0.2, 0.25) is 0 Å². The predicted molar refractivity (Wildman–Crippen MR) is 106 cm³/mol. The molecular weight excluding hydrogens is 372 g/mol. The van der Waals surface area contributed by atoms with E-state index in [1.165, 1.54) is 32.3 Å². The highest BCUT2D eigenvalue weighted by molar-refractivity contribution is 5.86. The maximum atomic E-state index is 14.4. The van der Waals surface area contributed by atoms with Gasteiger partial charge >= 0.3 is 0 Å². The number of rotatable bonds is 6. The van der Waals surface area contributed by atoms with Crippen molar-refractivity contribution in [2.75, 3.05) is 5.32 Å². The van der Waals surface area contributed by atoms with E-state index in [1.807, 2.05) is 6.07 Å². The molecule has 1 aromatic carbocycles. The lowest BCUT2D eigenvalue weighted by atomic mass is 9.96. The summed E-state index contributed by atoms with van der Waals surface area (Å²) in [7, 11) is 0. The number of alkyl halides is 2. The third-order valence-electron chi connectivity index (χ3n) is 5.50. The normalized spacial score (nSPS) is 15.3. The van der Waals surface area contributed by atoms with Gasteiger partial charge in [0, 0.05) is 24.2 Å². The highest BCUT2D eigenvalue weighted by atomic mass is 19.3. The number of benzene rings is 1. The maximum Gasteiger partial charge on any atom is 0.275 e. The Labute approximate surface area is 167 Å². The van der Waals surface area contributed by atoms with Crippen molar-refractivity contribution in [2.24, 2.45) is 5.92 Å². The molecule has 148 valence electrons. The van der Waals surface area contributed by atoms with Crippen LogP contribution in [0.3, 0.4) is 0 Å². The van der Waals surface area contributed by atoms with Gasteiger partial charge < -0.3 is 5.32 Å². The molecule has 0 aliphatic heterocycles. The number of hydrogen-bond donors (Lipinski definition) is 1. The zero-order valence-electron chi connectivity index (χ0n) is 16.3. The van der Waals surface area contributed by atoms with Crippen molar-refractivity contribution >= 4 is 16.9 Å². The van der Waals surface area contributed by atoms with E-state index in [0.717, 1.165) is 29.4 Å². The van der Waals surface area contributed by atoms with Crippen molar-refractivity contribution in [2.45, 2.75) is 44.6 Å². The number of aromatic nitrogens is 3. The standard InChI is InChI=1S/C22H21F2N5/c1-14(2)22(23,24)16-5-3-4-15(8-16)10-26-19-18-9-17(21(12-25)6-7-21)11-27-20(18)29-13-28-19/h3-5,8-9,11,13-14H,6-7,10H2,1-2H3,(H,26,27,28,29). The second-order valence-electron chi connectivity index (χ2n) is 7.84. The summed E-state index contributed by atoms with van der Waals surface area (Å²) in [6, 6.07) is 10.7. The summed E-state index contributed by atoms with van der Waals surface area (Å²) in [4.78, 5) is 12.9. The van der Waals surface area contributed by atoms with Crippen LogP contribution in [0.15, 0.2) is 42.9 Å². The van der Waals surface area contributed by atoms with Gasteiger partial charge in [0.1, 0.15) is 12.1 Å². The second kappa shape index (κ2) is 7.03. The molecule has 1 aliphatic carbocycles. The number of nitrogens with one attached hydrogen (secondary N) is 1. The van der Waals surface area contributed by atoms with Crippen LogP contribution >= 0.6 is 0 Å². The lowest BCUT2D eigenvalue weighted by Gasteiger charge is -2.21. The van der Waals surface area contributed by atoms with Crippen LogP contribution in [0, 0.1) is 17.2 Å². The van der Waals surface area contributed by atoms with E-state index in [1.54, 1.807) is 18.3 Å². The fourth-order valence-corrected chi connectivity index (χ4v) is 3.35. The van der Waals surface area contributed by atoms with Crippen LogP contribution in [0.1, 0.15) is 43.4 Å². The lowest BCUT2D eigenvalue weighted by molar-refractivity contribution is -0.0514. The molecule has 1 fully saturated rings. The summed E-state index contributed by atoms with van der Waals surface area (Å²) >= 11 is 0. The van der Waals surface area contributed by atoms with Crippen LogP contribution in [0.25, 0.3) is 11.0 Å². The molecule has 0 unspecified atom stereocenters. The van der Waals surface area contributed by atoms with Gasteiger partial charge in [-0.15, -0.1) is 0 Å². The molecule has 0 atom stereocenters. The number of hydrogen-bond acceptors (Lipinski definition) is 5. The molecule has 2 heterocycles. The predicted octanol–water partition coefficient (Wildman–Crippen LogP) is 4.94. The Balaban J connectivity index is 1.61. The number of pyridine rings is 1. The van der Waals surface area contributed by atoms with Crippen molar-refractivity contribution in [3.8, 4) is 6.07 Å². The third kappa shape index (κ3) is 3.51. The van der Waals surface area contributed by atoms with Gasteiger partial charge in [0.25, 0.3) is 5.92 Å². The highest BCUT2D eigenvalue weighted by Crippen LogP contribution is 2.47. The molecule has 7 heteroatoms. The Kier molecular flexibility index (Phi) is 4.65. The van der Waals surface area contributed by atoms with E-state index >= 15 is 0 Å². The van der Waals surface area contributed by atoms with Crippen molar-refractivity contribution in [1.29, 1.82) is 5.26 Å². The summed E-state index contributed by atoms with van der Waals surface area (Å²) in [5.41, 5.74) is 1.68. The van der Waals surface area contributed by atoms with Gasteiger partial charge in [0.15, 0.2) is 5.65 Å². The minimum Gasteiger partial charge on any atom is -0.365 e. The number of halogens is 2. The van der Waals surface area contributed by atoms with Crippen molar-refractivity contribution in [3.05, 3.63) is 59.5 Å². The quantitative estimate of drug-likeness (QED) is 0.642. The van der Waals surface area contributed by atoms with Gasteiger partial charge in [0.05, 0.1) is 16.9 Å². The van der Waals surface area contributed by atoms with Gasteiger partial charge in [-0.2, -0.15) is 5.26 Å². The van der Waals surface area contributed by atoms with E-state index in [2.05, 4.69) is 26.3 Å². The highest BCUT2D eigenvalue weighted by Gasteiger charge is 2.45. The molecule has 0 radical (unpaired) electrons. The molecule has 0 spiro atoms. The summed E-state index contributed by atoms with van der Waals surface area (Å²) in [5.74, 6) is -3.10. The number of anilines is 1. The van der Waals surface area contributed by atoms with Crippen LogP contribution in [0.4, 0.5) is 14.6 Å². The zero-order valence-corrected chi connectivity index (χ0v) is 16.3. The number of fused-ring (bicyclic) bond motifs is 1. The minimum atomic E-state index is -2.88. The van der Waals surface area contributed by atoms with E-state index in [-0.39, 0.29) is 5.56 Å². The average Bonchev–Trinajstić information content (AvgIpc) is 3.53. The summed E-state index contributed by atoms with van der Waals surface area (Å²) in [6.45, 7) is 3.36. The largest absolute Gasteiger partial charge is 0.365 e. The summed E-state index contributed by atoms with van der Waals surface area (Å²) in [6.07, 6.45) is 4.76. The smallest absolute Gasteiger partial charge is 0.275 e. The van der Waals surface area contributed by atoms with Gasteiger partial charge in [-0.25, -0.2) is 23.7 Å². The summed E-state index contributed by atoms with van der Waals surface area (Å²) in [5, 5.41) is 13.4. The Morgan fingerprint density at radius 1 is 1.21 bits per heavy atom. The van der Waals surface area contributed by atoms with Crippen LogP contribution in [0.5, 0.6) is 0 Å². The Bertz CT molecular complexity index is 1100. The van der Waals surface area contributed by atoms with E-state index < -0.39 is 17.3 Å². The first-order valence-electron chi connectivity index (χ1n) is 9.59. The molecule has 0 bridgehead atoms. The van der Waals surface area contributed by atoms with Crippen molar-refractivity contribution < 1.29 is 8.78 Å². The first-order valence-corrected chi connectivity index (χ1v) is 9.59. The van der Waals surface area contributed by atoms with Crippen LogP contribution in [-0.2, 0) is 17.9 Å². The molecule has 1 N–H and O–H groups in total. The van der Waals surface area contributed by atoms with Gasteiger partial charge in [-0.1, -0.05) is 32.0 Å². The molecule has 3 aromatic rings. The van der Waals surface area contributed by atoms with Gasteiger partial charge in [-0.3, -0.25) is 0 Å². The molecule has 0 amide bonds. The molecule has 2 aromatic heterocycles. The molecule has 1 saturated carbocycles. The van der Waals surface area contributed by atoms with Crippen molar-refractivity contribution in [1.82, 2.24) is 15.0 Å². The van der Waals surface area contributed by atoms with Crippen molar-refractivity contribution in [3.63, 3.8) is 0 Å². The van der Waals surface area contributed by atoms with Gasteiger partial charge in [-0.05, 0) is 36.1 Å². The van der Waals surface area contributed by atoms with Gasteiger partial charge in [0.2, 0.25) is 0 Å². The molecule has 4 rings (SSSR count). The Morgan fingerprint density at radius 2 is 2.00 bits per heavy atom. The molecule has 29 heavy (non-hydrogen) atoms. The van der Waals surface area contributed by atoms with Crippen LogP contribution in [-0.4, -0.2) is 15.0 Å². The second-order valence-corrected chi connectivity index (χ2v) is 7.84. The summed E-state index contributed by atoms with van der Waals surface area (Å²) < 4.78 is 28.7.